The van der Waals surface area contributed by atoms with E-state index in [0.29, 0.717) is 0 Å². The molecule has 20 heavy (non-hydrogen) atoms. The van der Waals surface area contributed by atoms with E-state index in [1.54, 1.807) is 0 Å². The van der Waals surface area contributed by atoms with E-state index < -0.39 is 0 Å². The lowest BCUT2D eigenvalue weighted by molar-refractivity contribution is 0.563. The Kier molecular flexibility index (Phi) is 16.9. The summed E-state index contributed by atoms with van der Waals surface area (Å²) >= 11 is 8.29. The molecule has 0 radical (unpaired) electrons. The van der Waals surface area contributed by atoms with Gasteiger partial charge in [0, 0.05) is 4.90 Å². The molecule has 1 aromatic rings. The third-order valence-electron chi connectivity index (χ3n) is 3.27. The van der Waals surface area contributed by atoms with Crippen LogP contribution >= 0.6 is 25.3 Å². The first-order chi connectivity index (χ1) is 9.81. The molecule has 0 spiro atoms. The van der Waals surface area contributed by atoms with Crippen LogP contribution in [0.25, 0.3) is 0 Å². The molecular formula is C18H32S2. The second-order valence-corrected chi connectivity index (χ2v) is 6.20. The quantitative estimate of drug-likeness (QED) is 0.344. The lowest BCUT2D eigenvalue weighted by Gasteiger charge is -2.00. The third kappa shape index (κ3) is 16.0. The minimum Gasteiger partial charge on any atom is -0.179 e. The van der Waals surface area contributed by atoms with Crippen molar-refractivity contribution in [3.05, 3.63) is 30.3 Å². The minimum absolute atomic E-state index is 1.02. The fourth-order valence-electron chi connectivity index (χ4n) is 2.03. The molecule has 0 bridgehead atoms. The summed E-state index contributed by atoms with van der Waals surface area (Å²) in [5.41, 5.74) is 0. The van der Waals surface area contributed by atoms with Crippen LogP contribution in [-0.2, 0) is 0 Å². The van der Waals surface area contributed by atoms with E-state index in [0.717, 1.165) is 10.6 Å². The molecule has 0 aliphatic heterocycles. The lowest BCUT2D eigenvalue weighted by Crippen LogP contribution is -1.81. The zero-order chi connectivity index (χ0) is 14.9. The lowest BCUT2D eigenvalue weighted by atomic mass is 10.1. The Morgan fingerprint density at radius 3 is 1.50 bits per heavy atom. The van der Waals surface area contributed by atoms with Crippen LogP contribution < -0.4 is 0 Å². The van der Waals surface area contributed by atoms with Crippen LogP contribution in [0.1, 0.15) is 71.1 Å². The van der Waals surface area contributed by atoms with E-state index in [1.807, 2.05) is 30.3 Å². The third-order valence-corrected chi connectivity index (χ3v) is 3.88. The van der Waals surface area contributed by atoms with Crippen LogP contribution in [-0.4, -0.2) is 5.75 Å². The van der Waals surface area contributed by atoms with Crippen LogP contribution in [0.5, 0.6) is 0 Å². The van der Waals surface area contributed by atoms with Gasteiger partial charge >= 0.3 is 0 Å². The average Bonchev–Trinajstić information content (AvgIpc) is 2.47. The minimum atomic E-state index is 1.02. The fraction of sp³-hybridized carbons (Fsp3) is 0.667. The van der Waals surface area contributed by atoms with E-state index in [9.17, 15) is 0 Å². The van der Waals surface area contributed by atoms with Gasteiger partial charge in [-0.25, -0.2) is 0 Å². The number of rotatable bonds is 10. The SMILES string of the molecule is CCCCCCCCCCCCS.Sc1ccccc1. The normalized spacial score (nSPS) is 9.95. The van der Waals surface area contributed by atoms with Crippen molar-refractivity contribution in [3.8, 4) is 0 Å². The molecule has 116 valence electrons. The Bertz CT molecular complexity index is 262. The molecule has 0 aliphatic carbocycles. The molecule has 0 saturated carbocycles. The van der Waals surface area contributed by atoms with Gasteiger partial charge in [0.15, 0.2) is 0 Å². The maximum absolute atomic E-state index is 4.20. The summed E-state index contributed by atoms with van der Waals surface area (Å²) in [4.78, 5) is 1.02. The molecule has 1 aromatic carbocycles. The monoisotopic (exact) mass is 312 g/mol. The molecule has 0 saturated heterocycles. The first-order valence-corrected chi connectivity index (χ1v) is 9.24. The highest BCUT2D eigenvalue weighted by Crippen LogP contribution is 2.10. The molecule has 0 N–H and O–H groups in total. The molecule has 0 amide bonds. The summed E-state index contributed by atoms with van der Waals surface area (Å²) in [7, 11) is 0. The maximum Gasteiger partial charge on any atom is 0.00399 e. The van der Waals surface area contributed by atoms with Gasteiger partial charge in [0.25, 0.3) is 0 Å². The number of hydrogen-bond donors (Lipinski definition) is 2. The van der Waals surface area contributed by atoms with E-state index >= 15 is 0 Å². The molecule has 0 atom stereocenters. The zero-order valence-electron chi connectivity index (χ0n) is 13.1. The smallest absolute Gasteiger partial charge is 0.00399 e. The molecule has 1 rings (SSSR count). The van der Waals surface area contributed by atoms with Crippen molar-refractivity contribution in [2.45, 2.75) is 76.0 Å². The van der Waals surface area contributed by atoms with Gasteiger partial charge in [-0.05, 0) is 24.3 Å². The highest BCUT2D eigenvalue weighted by Gasteiger charge is 1.91. The van der Waals surface area contributed by atoms with Crippen molar-refractivity contribution in [2.75, 3.05) is 5.75 Å². The molecule has 0 heterocycles. The summed E-state index contributed by atoms with van der Waals surface area (Å²) in [6.45, 7) is 2.28. The molecule has 2 heteroatoms. The first-order valence-electron chi connectivity index (χ1n) is 8.16. The van der Waals surface area contributed by atoms with Gasteiger partial charge in [-0.2, -0.15) is 12.6 Å². The van der Waals surface area contributed by atoms with Crippen molar-refractivity contribution in [1.29, 1.82) is 0 Å². The van der Waals surface area contributed by atoms with E-state index in [-0.39, 0.29) is 0 Å². The Balaban J connectivity index is 0.000000428. The van der Waals surface area contributed by atoms with Crippen molar-refractivity contribution in [1.82, 2.24) is 0 Å². The second-order valence-electron chi connectivity index (χ2n) is 5.24. The number of benzene rings is 1. The molecular weight excluding hydrogens is 280 g/mol. The van der Waals surface area contributed by atoms with E-state index in [4.69, 9.17) is 0 Å². The zero-order valence-corrected chi connectivity index (χ0v) is 14.8. The van der Waals surface area contributed by atoms with Gasteiger partial charge in [-0.15, -0.1) is 12.6 Å². The van der Waals surface area contributed by atoms with Gasteiger partial charge in [-0.3, -0.25) is 0 Å². The summed E-state index contributed by atoms with van der Waals surface area (Å²) in [5, 5.41) is 0. The number of hydrogen-bond acceptors (Lipinski definition) is 2. The molecule has 0 nitrogen and oxygen atoms in total. The average molecular weight is 313 g/mol. The predicted molar refractivity (Wildman–Crippen MR) is 99.4 cm³/mol. The molecule has 0 aromatic heterocycles. The summed E-state index contributed by atoms with van der Waals surface area (Å²) in [6.07, 6.45) is 14.2. The van der Waals surface area contributed by atoms with Crippen LogP contribution in [0.4, 0.5) is 0 Å². The van der Waals surface area contributed by atoms with Crippen molar-refractivity contribution >= 4 is 25.3 Å². The van der Waals surface area contributed by atoms with Gasteiger partial charge < -0.3 is 0 Å². The Morgan fingerprint density at radius 1 is 0.700 bits per heavy atom. The number of thiol groups is 2. The standard InChI is InChI=1S/C12H26S.C6H6S/c1-2-3-4-5-6-7-8-9-10-11-12-13;7-6-4-2-1-3-5-6/h13H,2-12H2,1H3;1-5,7H. The van der Waals surface area contributed by atoms with Gasteiger partial charge in [-0.1, -0.05) is 82.9 Å². The summed E-state index contributed by atoms with van der Waals surface area (Å²) in [5.74, 6) is 1.07. The summed E-state index contributed by atoms with van der Waals surface area (Å²) in [6, 6.07) is 9.79. The van der Waals surface area contributed by atoms with Gasteiger partial charge in [0.1, 0.15) is 0 Å². The number of unbranched alkanes of at least 4 members (excludes halogenated alkanes) is 9. The van der Waals surface area contributed by atoms with Crippen LogP contribution in [0.2, 0.25) is 0 Å². The first kappa shape index (κ1) is 19.9. The Labute approximate surface area is 137 Å². The molecule has 0 unspecified atom stereocenters. The fourth-order valence-corrected chi connectivity index (χ4v) is 2.42. The van der Waals surface area contributed by atoms with Gasteiger partial charge in [0.05, 0.1) is 0 Å². The molecule has 0 fully saturated rings. The van der Waals surface area contributed by atoms with Crippen molar-refractivity contribution in [3.63, 3.8) is 0 Å². The maximum atomic E-state index is 4.20. The summed E-state index contributed by atoms with van der Waals surface area (Å²) < 4.78 is 0. The van der Waals surface area contributed by atoms with E-state index in [2.05, 4.69) is 32.2 Å². The Morgan fingerprint density at radius 2 is 1.15 bits per heavy atom. The van der Waals surface area contributed by atoms with Crippen LogP contribution in [0, 0.1) is 0 Å². The predicted octanol–water partition coefficient (Wildman–Crippen LogP) is 6.81. The Hall–Kier alpha value is -0.0800. The second kappa shape index (κ2) is 17.0. The van der Waals surface area contributed by atoms with Crippen LogP contribution in [0.15, 0.2) is 35.2 Å². The highest BCUT2D eigenvalue weighted by molar-refractivity contribution is 7.80. The van der Waals surface area contributed by atoms with Crippen molar-refractivity contribution in [2.24, 2.45) is 0 Å². The van der Waals surface area contributed by atoms with Crippen LogP contribution in [0.3, 0.4) is 0 Å². The largest absolute Gasteiger partial charge is 0.179 e. The molecule has 0 aliphatic rings. The highest BCUT2D eigenvalue weighted by atomic mass is 32.1. The topological polar surface area (TPSA) is 0 Å². The van der Waals surface area contributed by atoms with Gasteiger partial charge in [0.2, 0.25) is 0 Å². The van der Waals surface area contributed by atoms with Crippen molar-refractivity contribution < 1.29 is 0 Å². The van der Waals surface area contributed by atoms with E-state index in [1.165, 1.54) is 64.2 Å².